The number of carbonyl (C=O) groups excluding carboxylic acids is 1. The fraction of sp³-hybridized carbons (Fsp3) is 0.208. The molecule has 0 aliphatic carbocycles. The van der Waals surface area contributed by atoms with Crippen LogP contribution in [-0.4, -0.2) is 30.9 Å². The van der Waals surface area contributed by atoms with Crippen molar-refractivity contribution >= 4 is 27.8 Å². The first-order valence-corrected chi connectivity index (χ1v) is 9.40. The van der Waals surface area contributed by atoms with Crippen molar-refractivity contribution in [1.82, 2.24) is 4.90 Å². The van der Waals surface area contributed by atoms with Crippen molar-refractivity contribution in [3.8, 4) is 5.75 Å². The van der Waals surface area contributed by atoms with E-state index >= 15 is 0 Å². The fourth-order valence-corrected chi connectivity index (χ4v) is 4.45. The molecule has 0 unspecified atom stereocenters. The average Bonchev–Trinajstić information content (AvgIpc) is 2.72. The number of ketones is 1. The number of rotatable bonds is 2. The Bertz CT molecular complexity index is 1080. The van der Waals surface area contributed by atoms with Gasteiger partial charge in [0.05, 0.1) is 13.7 Å². The van der Waals surface area contributed by atoms with Crippen LogP contribution in [0.1, 0.15) is 23.1 Å². The Labute approximate surface area is 158 Å². The third kappa shape index (κ3) is 2.62. The second kappa shape index (κ2) is 6.27. The molecule has 3 nitrogen and oxygen atoms in total. The molecule has 27 heavy (non-hydrogen) atoms. The number of carbonyl (C=O) groups is 1. The van der Waals surface area contributed by atoms with Crippen molar-refractivity contribution in [2.45, 2.75) is 12.8 Å². The van der Waals surface area contributed by atoms with E-state index < -0.39 is 0 Å². The second-order valence-corrected chi connectivity index (χ2v) is 7.26. The van der Waals surface area contributed by atoms with Crippen LogP contribution in [-0.2, 0) is 11.2 Å². The van der Waals surface area contributed by atoms with Crippen LogP contribution >= 0.6 is 0 Å². The number of Topliss-reactive ketones (excluding diaryl/α,β-unsaturated/α-hetero) is 1. The van der Waals surface area contributed by atoms with Crippen molar-refractivity contribution in [2.75, 3.05) is 20.2 Å². The molecule has 3 aromatic carbocycles. The van der Waals surface area contributed by atoms with Gasteiger partial charge in [-0.2, -0.15) is 0 Å². The summed E-state index contributed by atoms with van der Waals surface area (Å²) in [5.74, 6) is 1.18. The predicted octanol–water partition coefficient (Wildman–Crippen LogP) is 4.55. The summed E-state index contributed by atoms with van der Waals surface area (Å²) in [7, 11) is 1.71. The van der Waals surface area contributed by atoms with E-state index in [0.29, 0.717) is 18.7 Å². The van der Waals surface area contributed by atoms with Gasteiger partial charge >= 0.3 is 0 Å². The number of hydrogen-bond donors (Lipinski definition) is 0. The molecule has 0 bridgehead atoms. The van der Waals surface area contributed by atoms with Gasteiger partial charge in [0.15, 0.2) is 5.78 Å². The number of benzene rings is 3. The minimum Gasteiger partial charge on any atom is -0.497 e. The van der Waals surface area contributed by atoms with Crippen LogP contribution in [0.25, 0.3) is 22.0 Å². The molecule has 2 aliphatic rings. The smallest absolute Gasteiger partial charge is 0.156 e. The van der Waals surface area contributed by atoms with E-state index in [1.165, 1.54) is 27.6 Å². The third-order valence-corrected chi connectivity index (χ3v) is 5.69. The largest absolute Gasteiger partial charge is 0.497 e. The summed E-state index contributed by atoms with van der Waals surface area (Å²) in [5.41, 5.74) is 6.14. The highest BCUT2D eigenvalue weighted by molar-refractivity contribution is 6.06. The molecular weight excluding hydrogens is 334 g/mol. The monoisotopic (exact) mass is 355 g/mol. The second-order valence-electron chi connectivity index (χ2n) is 7.26. The highest BCUT2D eigenvalue weighted by Gasteiger charge is 2.31. The lowest BCUT2D eigenvalue weighted by molar-refractivity contribution is -0.118. The van der Waals surface area contributed by atoms with Gasteiger partial charge in [0.2, 0.25) is 0 Å². The Morgan fingerprint density at radius 3 is 2.63 bits per heavy atom. The summed E-state index contributed by atoms with van der Waals surface area (Å²) in [4.78, 5) is 14.7. The molecule has 2 heterocycles. The first-order chi connectivity index (χ1) is 13.2. The highest BCUT2D eigenvalue weighted by Crippen LogP contribution is 2.41. The highest BCUT2D eigenvalue weighted by atomic mass is 16.5. The Hall–Kier alpha value is -3.07. The van der Waals surface area contributed by atoms with Crippen LogP contribution < -0.4 is 4.74 Å². The summed E-state index contributed by atoms with van der Waals surface area (Å²) in [6.07, 6.45) is 1.45. The minimum atomic E-state index is 0.295. The Morgan fingerprint density at radius 2 is 1.81 bits per heavy atom. The lowest BCUT2D eigenvalue weighted by Gasteiger charge is -2.38. The zero-order chi connectivity index (χ0) is 18.4. The number of hydrogen-bond acceptors (Lipinski definition) is 3. The quantitative estimate of drug-likeness (QED) is 0.675. The van der Waals surface area contributed by atoms with Crippen molar-refractivity contribution in [1.29, 1.82) is 0 Å². The number of methoxy groups -OCH3 is 1. The SMILES string of the molecule is COc1ccc2ccc3c(c2c1)CCN1CC(=O)CC(c2ccccc2)=C31. The van der Waals surface area contributed by atoms with Gasteiger partial charge in [0.25, 0.3) is 0 Å². The first-order valence-electron chi connectivity index (χ1n) is 9.40. The summed E-state index contributed by atoms with van der Waals surface area (Å²) in [5, 5.41) is 2.49. The molecular formula is C24H21NO2. The molecule has 0 N–H and O–H groups in total. The lowest BCUT2D eigenvalue weighted by Crippen LogP contribution is -2.38. The van der Waals surface area contributed by atoms with Crippen LogP contribution in [0.2, 0.25) is 0 Å². The van der Waals surface area contributed by atoms with Crippen LogP contribution in [0.15, 0.2) is 60.7 Å². The van der Waals surface area contributed by atoms with E-state index in [1.54, 1.807) is 7.11 Å². The minimum absolute atomic E-state index is 0.295. The maximum absolute atomic E-state index is 12.4. The van der Waals surface area contributed by atoms with Crippen molar-refractivity contribution in [2.24, 2.45) is 0 Å². The number of allylic oxidation sites excluding steroid dienone is 1. The molecule has 3 aromatic rings. The normalized spacial score (nSPS) is 16.3. The van der Waals surface area contributed by atoms with E-state index in [2.05, 4.69) is 41.3 Å². The predicted molar refractivity (Wildman–Crippen MR) is 109 cm³/mol. The molecule has 0 atom stereocenters. The van der Waals surface area contributed by atoms with E-state index in [1.807, 2.05) is 24.3 Å². The molecule has 0 spiro atoms. The zero-order valence-electron chi connectivity index (χ0n) is 15.4. The molecule has 3 heteroatoms. The summed E-state index contributed by atoms with van der Waals surface area (Å²) >= 11 is 0. The number of nitrogens with zero attached hydrogens (tertiary/aromatic N) is 1. The van der Waals surface area contributed by atoms with Crippen LogP contribution in [0, 0.1) is 0 Å². The maximum Gasteiger partial charge on any atom is 0.156 e. The lowest BCUT2D eigenvalue weighted by atomic mass is 9.84. The van der Waals surface area contributed by atoms with Crippen LogP contribution in [0.5, 0.6) is 5.75 Å². The molecule has 134 valence electrons. The van der Waals surface area contributed by atoms with Gasteiger partial charge in [-0.15, -0.1) is 0 Å². The Kier molecular flexibility index (Phi) is 3.75. The van der Waals surface area contributed by atoms with Gasteiger partial charge in [-0.3, -0.25) is 4.79 Å². The standard InChI is InChI=1S/C24H21NO2/c1-27-19-9-7-17-8-10-21-20(22(17)14-19)11-12-25-15-18(26)13-23(24(21)25)16-5-3-2-4-6-16/h2-10,14H,11-13,15H2,1H3. The van der Waals surface area contributed by atoms with Crippen LogP contribution in [0.3, 0.4) is 0 Å². The zero-order valence-corrected chi connectivity index (χ0v) is 15.4. The molecule has 0 saturated carbocycles. The van der Waals surface area contributed by atoms with Gasteiger partial charge in [-0.25, -0.2) is 0 Å². The van der Waals surface area contributed by atoms with Gasteiger partial charge in [0, 0.05) is 24.2 Å². The van der Waals surface area contributed by atoms with Gasteiger partial charge in [0.1, 0.15) is 5.75 Å². The van der Waals surface area contributed by atoms with Crippen LogP contribution in [0.4, 0.5) is 0 Å². The molecule has 0 radical (unpaired) electrons. The topological polar surface area (TPSA) is 29.5 Å². The first kappa shape index (κ1) is 16.1. The summed E-state index contributed by atoms with van der Waals surface area (Å²) < 4.78 is 5.46. The maximum atomic E-state index is 12.4. The summed E-state index contributed by atoms with van der Waals surface area (Å²) in [6.45, 7) is 1.39. The average molecular weight is 355 g/mol. The van der Waals surface area contributed by atoms with E-state index in [9.17, 15) is 4.79 Å². The summed E-state index contributed by atoms with van der Waals surface area (Å²) in [6, 6.07) is 21.0. The Morgan fingerprint density at radius 1 is 1.00 bits per heavy atom. The number of fused-ring (bicyclic) bond motifs is 5. The molecule has 2 aliphatic heterocycles. The molecule has 0 amide bonds. The van der Waals surface area contributed by atoms with Gasteiger partial charge in [-0.1, -0.05) is 48.5 Å². The molecule has 5 rings (SSSR count). The van der Waals surface area contributed by atoms with Crippen molar-refractivity contribution in [3.63, 3.8) is 0 Å². The van der Waals surface area contributed by atoms with Crippen molar-refractivity contribution in [3.05, 3.63) is 77.4 Å². The third-order valence-electron chi connectivity index (χ3n) is 5.69. The molecule has 0 aromatic heterocycles. The van der Waals surface area contributed by atoms with Crippen molar-refractivity contribution < 1.29 is 9.53 Å². The van der Waals surface area contributed by atoms with E-state index in [0.717, 1.165) is 29.9 Å². The van der Waals surface area contributed by atoms with Gasteiger partial charge in [-0.05, 0) is 46.0 Å². The van der Waals surface area contributed by atoms with E-state index in [4.69, 9.17) is 4.74 Å². The van der Waals surface area contributed by atoms with E-state index in [-0.39, 0.29) is 0 Å². The van der Waals surface area contributed by atoms with Gasteiger partial charge < -0.3 is 9.64 Å². The fourth-order valence-electron chi connectivity index (χ4n) is 4.45. The molecule has 0 fully saturated rings. The molecule has 0 saturated heterocycles. The Balaban J connectivity index is 1.79. The number of ether oxygens (including phenoxy) is 1.